The van der Waals surface area contributed by atoms with E-state index >= 15 is 0 Å². The lowest BCUT2D eigenvalue weighted by molar-refractivity contribution is 0.561. The number of rotatable bonds is 2. The molecule has 1 N–H and O–H groups in total. The van der Waals surface area contributed by atoms with E-state index in [9.17, 15) is 9.59 Å². The second-order valence-corrected chi connectivity index (χ2v) is 6.34. The van der Waals surface area contributed by atoms with Gasteiger partial charge in [0.25, 0.3) is 0 Å². The van der Waals surface area contributed by atoms with Crippen LogP contribution in [-0.4, -0.2) is 20.1 Å². The van der Waals surface area contributed by atoms with Crippen LogP contribution in [-0.2, 0) is 0 Å². The van der Waals surface area contributed by atoms with Gasteiger partial charge in [-0.05, 0) is 24.3 Å². The first-order valence-corrected chi connectivity index (χ1v) is 8.57. The number of benzene rings is 2. The molecule has 2 aromatic heterocycles. The highest BCUT2D eigenvalue weighted by molar-refractivity contribution is 6.10. The lowest BCUT2D eigenvalue weighted by Crippen LogP contribution is -2.39. The van der Waals surface area contributed by atoms with Crippen molar-refractivity contribution in [2.75, 3.05) is 23.9 Å². The van der Waals surface area contributed by atoms with Crippen LogP contribution in [0.3, 0.4) is 0 Å². The number of fused-ring (bicyclic) bond motifs is 2. The van der Waals surface area contributed by atoms with Crippen LogP contribution >= 0.6 is 0 Å². The summed E-state index contributed by atoms with van der Waals surface area (Å²) < 4.78 is 10.7. The molecule has 4 rings (SSSR count). The quantitative estimate of drug-likeness (QED) is 0.328. The normalized spacial score (nSPS) is 10.9. The minimum atomic E-state index is -0.455. The van der Waals surface area contributed by atoms with Gasteiger partial charge in [-0.1, -0.05) is 24.3 Å². The van der Waals surface area contributed by atoms with E-state index in [1.54, 1.807) is 48.2 Å². The Bertz CT molecular complexity index is 1220. The Morgan fingerprint density at radius 2 is 1.14 bits per heavy atom. The summed E-state index contributed by atoms with van der Waals surface area (Å²) in [6.07, 6.45) is 0. The SMILES string of the molecule is CN(C(=N)N(C)c1cccc2ccc(=O)oc12)c1cccc2ccc(=O)oc12. The number of nitrogens with zero attached hydrogens (tertiary/aromatic N) is 2. The standard InChI is InChI=1S/C21H17N3O4/c1-23(15-7-3-5-13-9-11-17(25)27-19(13)15)21(22)24(2)16-8-4-6-14-10-12-18(26)28-20(14)16/h3-12,22H,1-2H3. The molecule has 2 aromatic carbocycles. The Hall–Kier alpha value is -3.87. The Kier molecular flexibility index (Phi) is 4.19. The molecule has 0 saturated carbocycles. The van der Waals surface area contributed by atoms with Gasteiger partial charge in [0.05, 0.1) is 11.4 Å². The molecular weight excluding hydrogens is 358 g/mol. The van der Waals surface area contributed by atoms with Crippen molar-refractivity contribution < 1.29 is 8.83 Å². The van der Waals surface area contributed by atoms with E-state index in [-0.39, 0.29) is 5.96 Å². The van der Waals surface area contributed by atoms with Crippen LogP contribution in [0.2, 0.25) is 0 Å². The van der Waals surface area contributed by atoms with E-state index in [4.69, 9.17) is 14.2 Å². The number of hydrogen-bond donors (Lipinski definition) is 1. The largest absolute Gasteiger partial charge is 0.420 e. The summed E-state index contributed by atoms with van der Waals surface area (Å²) in [6, 6.07) is 17.0. The Labute approximate surface area is 159 Å². The van der Waals surface area contributed by atoms with Gasteiger partial charge in [-0.2, -0.15) is 0 Å². The summed E-state index contributed by atoms with van der Waals surface area (Å²) in [6.45, 7) is 0. The molecule has 7 heteroatoms. The minimum Gasteiger partial charge on any atom is -0.420 e. The van der Waals surface area contributed by atoms with Crippen molar-refractivity contribution in [1.82, 2.24) is 0 Å². The number of anilines is 2. The van der Waals surface area contributed by atoms with Crippen LogP contribution < -0.4 is 21.1 Å². The van der Waals surface area contributed by atoms with Crippen molar-refractivity contribution >= 4 is 39.3 Å². The monoisotopic (exact) mass is 375 g/mol. The molecular formula is C21H17N3O4. The third-order valence-electron chi connectivity index (χ3n) is 4.61. The van der Waals surface area contributed by atoms with E-state index in [0.717, 1.165) is 10.8 Å². The summed E-state index contributed by atoms with van der Waals surface area (Å²) in [5.74, 6) is 0.109. The Balaban J connectivity index is 1.78. The Morgan fingerprint density at radius 3 is 1.57 bits per heavy atom. The molecule has 0 aliphatic heterocycles. The van der Waals surface area contributed by atoms with Gasteiger partial charge in [0.1, 0.15) is 0 Å². The van der Waals surface area contributed by atoms with Crippen LogP contribution in [0.15, 0.2) is 79.1 Å². The van der Waals surface area contributed by atoms with Crippen molar-refractivity contribution in [2.24, 2.45) is 0 Å². The second kappa shape index (κ2) is 6.70. The molecule has 0 amide bonds. The molecule has 4 aromatic rings. The maximum atomic E-state index is 11.7. The smallest absolute Gasteiger partial charge is 0.336 e. The number of guanidine groups is 1. The highest BCUT2D eigenvalue weighted by atomic mass is 16.4. The third-order valence-corrected chi connectivity index (χ3v) is 4.61. The first-order valence-electron chi connectivity index (χ1n) is 8.57. The highest BCUT2D eigenvalue weighted by Crippen LogP contribution is 2.28. The second-order valence-electron chi connectivity index (χ2n) is 6.34. The topological polar surface area (TPSA) is 90.8 Å². The van der Waals surface area contributed by atoms with Gasteiger partial charge in [-0.15, -0.1) is 0 Å². The summed E-state index contributed by atoms with van der Waals surface area (Å²) in [5.41, 5.74) is 1.05. The zero-order valence-electron chi connectivity index (χ0n) is 15.3. The molecule has 0 spiro atoms. The van der Waals surface area contributed by atoms with Crippen molar-refractivity contribution in [3.8, 4) is 0 Å². The van der Waals surface area contributed by atoms with E-state index < -0.39 is 11.3 Å². The van der Waals surface area contributed by atoms with E-state index in [1.807, 2.05) is 24.3 Å². The average molecular weight is 375 g/mol. The molecule has 0 aliphatic carbocycles. The summed E-state index contributed by atoms with van der Waals surface area (Å²) in [5, 5.41) is 10.2. The zero-order valence-corrected chi connectivity index (χ0v) is 15.3. The highest BCUT2D eigenvalue weighted by Gasteiger charge is 2.19. The molecule has 0 atom stereocenters. The molecule has 2 heterocycles. The van der Waals surface area contributed by atoms with E-state index in [0.29, 0.717) is 22.5 Å². The number of nitrogens with one attached hydrogen (secondary N) is 1. The van der Waals surface area contributed by atoms with Crippen LogP contribution in [0, 0.1) is 5.41 Å². The predicted molar refractivity (Wildman–Crippen MR) is 110 cm³/mol. The van der Waals surface area contributed by atoms with Crippen LogP contribution in [0.1, 0.15) is 0 Å². The Morgan fingerprint density at radius 1 is 0.714 bits per heavy atom. The van der Waals surface area contributed by atoms with Crippen molar-refractivity contribution in [1.29, 1.82) is 5.41 Å². The summed E-state index contributed by atoms with van der Waals surface area (Å²) in [7, 11) is 3.42. The van der Waals surface area contributed by atoms with E-state index in [2.05, 4.69) is 0 Å². The van der Waals surface area contributed by atoms with Crippen LogP contribution in [0.5, 0.6) is 0 Å². The molecule has 7 nitrogen and oxygen atoms in total. The van der Waals surface area contributed by atoms with Gasteiger partial charge in [-0.3, -0.25) is 5.41 Å². The lowest BCUT2D eigenvalue weighted by atomic mass is 10.2. The van der Waals surface area contributed by atoms with Gasteiger partial charge in [0.2, 0.25) is 5.96 Å². The fourth-order valence-corrected chi connectivity index (χ4v) is 3.14. The van der Waals surface area contributed by atoms with Gasteiger partial charge in [0, 0.05) is 37.0 Å². The fraction of sp³-hybridized carbons (Fsp3) is 0.0952. The predicted octanol–water partition coefficient (Wildman–Crippen LogP) is 3.41. The molecule has 0 radical (unpaired) electrons. The maximum absolute atomic E-state index is 11.7. The summed E-state index contributed by atoms with van der Waals surface area (Å²) in [4.78, 5) is 26.5. The van der Waals surface area contributed by atoms with Gasteiger partial charge in [0.15, 0.2) is 11.2 Å². The van der Waals surface area contributed by atoms with Crippen molar-refractivity contribution in [2.45, 2.75) is 0 Å². The van der Waals surface area contributed by atoms with Gasteiger partial charge in [-0.25, -0.2) is 9.59 Å². The first-order chi connectivity index (χ1) is 13.5. The van der Waals surface area contributed by atoms with Crippen LogP contribution in [0.4, 0.5) is 11.4 Å². The maximum Gasteiger partial charge on any atom is 0.336 e. The number of para-hydroxylation sites is 2. The van der Waals surface area contributed by atoms with Crippen molar-refractivity contribution in [3.63, 3.8) is 0 Å². The molecule has 0 saturated heterocycles. The number of hydrogen-bond acceptors (Lipinski definition) is 5. The molecule has 0 unspecified atom stereocenters. The molecule has 0 bridgehead atoms. The molecule has 0 aliphatic rings. The average Bonchev–Trinajstić information content (AvgIpc) is 2.71. The van der Waals surface area contributed by atoms with E-state index in [1.165, 1.54) is 12.1 Å². The van der Waals surface area contributed by atoms with Gasteiger partial charge < -0.3 is 18.6 Å². The first kappa shape index (κ1) is 17.5. The fourth-order valence-electron chi connectivity index (χ4n) is 3.14. The molecule has 0 fully saturated rings. The van der Waals surface area contributed by atoms with Crippen LogP contribution in [0.25, 0.3) is 21.9 Å². The lowest BCUT2D eigenvalue weighted by Gasteiger charge is -2.28. The zero-order chi connectivity index (χ0) is 19.8. The molecule has 140 valence electrons. The third kappa shape index (κ3) is 2.92. The summed E-state index contributed by atoms with van der Waals surface area (Å²) >= 11 is 0. The molecule has 28 heavy (non-hydrogen) atoms. The van der Waals surface area contributed by atoms with Crippen molar-refractivity contribution in [3.05, 3.63) is 81.5 Å². The minimum absolute atomic E-state index is 0.109. The van der Waals surface area contributed by atoms with Gasteiger partial charge >= 0.3 is 11.3 Å².